The van der Waals surface area contributed by atoms with Gasteiger partial charge in [-0.05, 0) is 83.5 Å². The summed E-state index contributed by atoms with van der Waals surface area (Å²) in [7, 11) is -4.81. The predicted molar refractivity (Wildman–Crippen MR) is 235 cm³/mol. The number of phosphoric ester groups is 1. The molecular weight excluding hydrogens is 739 g/mol. The Labute approximate surface area is 344 Å². The Bertz CT molecular complexity index is 1390. The summed E-state index contributed by atoms with van der Waals surface area (Å²) in [5, 5.41) is 9.82. The summed E-state index contributed by atoms with van der Waals surface area (Å²) in [4.78, 5) is 42.8. The molecule has 0 aliphatic rings. The van der Waals surface area contributed by atoms with E-state index in [1.807, 2.05) is 60.8 Å². The standard InChI is InChI=1S/C47H71O9P/c1-3-5-7-8-9-10-11-12-13-14-15-16-17-20-23-26-29-32-36-40-46(49)54-42-45(43-55-57(51,52)53)56-47(50)41-37-33-30-27-24-21-18-19-22-25-28-31-35-39-44(48)38-34-6-4-2/h6,9-10,12-13,15-16,19-24,28-35,39,44-45,48H,3-5,7-8,11,14,17-18,25-27,36-38,40-43H2,1-2H3,(H2,51,52,53)/b10-9-,13-12-,16-15-,22-19-,23-20-,24-21-,31-28+,32-29-,33-30-,34-6-,39-35+/t44?,45-/m1/s1. The van der Waals surface area contributed by atoms with Crippen molar-refractivity contribution in [1.29, 1.82) is 0 Å². The molecule has 0 aromatic rings. The Morgan fingerprint density at radius 2 is 1.04 bits per heavy atom. The number of allylic oxidation sites excluding steroid dienone is 20. The fraction of sp³-hybridized carbons (Fsp3) is 0.489. The number of aliphatic hydroxyl groups is 1. The first-order chi connectivity index (χ1) is 27.7. The molecule has 0 aliphatic heterocycles. The third-order valence-corrected chi connectivity index (χ3v) is 8.25. The molecule has 0 radical (unpaired) electrons. The van der Waals surface area contributed by atoms with Gasteiger partial charge < -0.3 is 24.4 Å². The lowest BCUT2D eigenvalue weighted by Crippen LogP contribution is -2.29. The molecule has 2 atom stereocenters. The fourth-order valence-corrected chi connectivity index (χ4v) is 5.06. The fourth-order valence-electron chi connectivity index (χ4n) is 4.70. The summed E-state index contributed by atoms with van der Waals surface area (Å²) in [5.41, 5.74) is 0. The van der Waals surface area contributed by atoms with Crippen LogP contribution in [0.25, 0.3) is 0 Å². The Morgan fingerprint density at radius 1 is 0.561 bits per heavy atom. The Hall–Kier alpha value is -3.85. The van der Waals surface area contributed by atoms with E-state index in [-0.39, 0.29) is 19.4 Å². The number of esters is 2. The predicted octanol–water partition coefficient (Wildman–Crippen LogP) is 11.7. The minimum atomic E-state index is -4.81. The molecule has 3 N–H and O–H groups in total. The van der Waals surface area contributed by atoms with Crippen molar-refractivity contribution in [3.05, 3.63) is 134 Å². The van der Waals surface area contributed by atoms with E-state index in [4.69, 9.17) is 19.3 Å². The molecular formula is C47H71O9P. The summed E-state index contributed by atoms with van der Waals surface area (Å²) >= 11 is 0. The van der Waals surface area contributed by atoms with Crippen LogP contribution in [0.1, 0.15) is 123 Å². The van der Waals surface area contributed by atoms with Crippen molar-refractivity contribution < 1.29 is 43.0 Å². The molecule has 57 heavy (non-hydrogen) atoms. The molecule has 0 saturated heterocycles. The molecule has 0 bridgehead atoms. The van der Waals surface area contributed by atoms with E-state index in [9.17, 15) is 19.3 Å². The molecule has 318 valence electrons. The Kier molecular flexibility index (Phi) is 37.6. The minimum absolute atomic E-state index is 0.0467. The number of hydrogen-bond acceptors (Lipinski definition) is 7. The Balaban J connectivity index is 4.26. The molecule has 0 spiro atoms. The zero-order valence-corrected chi connectivity index (χ0v) is 35.4. The van der Waals surface area contributed by atoms with Gasteiger partial charge in [-0.15, -0.1) is 0 Å². The second-order valence-electron chi connectivity index (χ2n) is 13.1. The maximum absolute atomic E-state index is 12.4. The third kappa shape index (κ3) is 43.1. The van der Waals surface area contributed by atoms with Crippen LogP contribution in [0, 0.1) is 0 Å². The van der Waals surface area contributed by atoms with Gasteiger partial charge in [-0.3, -0.25) is 14.1 Å². The van der Waals surface area contributed by atoms with Crippen molar-refractivity contribution in [3.63, 3.8) is 0 Å². The normalized spacial score (nSPS) is 14.4. The summed E-state index contributed by atoms with van der Waals surface area (Å²) in [6, 6.07) is 0. The van der Waals surface area contributed by atoms with Crippen molar-refractivity contribution in [3.8, 4) is 0 Å². The molecule has 0 fully saturated rings. The molecule has 10 heteroatoms. The first kappa shape index (κ1) is 53.1. The van der Waals surface area contributed by atoms with Crippen LogP contribution in [0.15, 0.2) is 134 Å². The lowest BCUT2D eigenvalue weighted by Gasteiger charge is -2.18. The molecule has 0 aromatic heterocycles. The van der Waals surface area contributed by atoms with Crippen LogP contribution in [-0.4, -0.2) is 52.3 Å². The van der Waals surface area contributed by atoms with E-state index < -0.39 is 38.6 Å². The van der Waals surface area contributed by atoms with E-state index in [2.05, 4.69) is 85.2 Å². The number of carbonyl (C=O) groups excluding carboxylic acids is 2. The largest absolute Gasteiger partial charge is 0.469 e. The number of unbranched alkanes of at least 4 members (excludes halogenated alkanes) is 3. The lowest BCUT2D eigenvalue weighted by molar-refractivity contribution is -0.161. The van der Waals surface area contributed by atoms with Gasteiger partial charge in [0.25, 0.3) is 0 Å². The summed E-state index contributed by atoms with van der Waals surface area (Å²) in [6.45, 7) is 3.30. The second-order valence-corrected chi connectivity index (χ2v) is 14.3. The molecule has 0 amide bonds. The van der Waals surface area contributed by atoms with Crippen LogP contribution in [0.3, 0.4) is 0 Å². The highest BCUT2D eigenvalue weighted by Gasteiger charge is 2.22. The van der Waals surface area contributed by atoms with Gasteiger partial charge in [0.2, 0.25) is 0 Å². The van der Waals surface area contributed by atoms with Crippen molar-refractivity contribution in [2.45, 2.75) is 135 Å². The van der Waals surface area contributed by atoms with Gasteiger partial charge in [0.05, 0.1) is 12.7 Å². The molecule has 0 saturated carbocycles. The van der Waals surface area contributed by atoms with Crippen LogP contribution in [0.5, 0.6) is 0 Å². The summed E-state index contributed by atoms with van der Waals surface area (Å²) in [5.74, 6) is -1.12. The minimum Gasteiger partial charge on any atom is -0.462 e. The van der Waals surface area contributed by atoms with E-state index in [0.29, 0.717) is 25.7 Å². The number of rotatable bonds is 35. The lowest BCUT2D eigenvalue weighted by atomic mass is 10.2. The second kappa shape index (κ2) is 40.4. The van der Waals surface area contributed by atoms with Gasteiger partial charge >= 0.3 is 19.8 Å². The number of aliphatic hydroxyl groups excluding tert-OH is 1. The van der Waals surface area contributed by atoms with E-state index >= 15 is 0 Å². The maximum atomic E-state index is 12.4. The zero-order valence-electron chi connectivity index (χ0n) is 34.5. The monoisotopic (exact) mass is 810 g/mol. The van der Waals surface area contributed by atoms with Gasteiger partial charge in [-0.1, -0.05) is 160 Å². The first-order valence-corrected chi connectivity index (χ1v) is 22.1. The van der Waals surface area contributed by atoms with Gasteiger partial charge in [0.15, 0.2) is 6.10 Å². The quantitative estimate of drug-likeness (QED) is 0.0188. The van der Waals surface area contributed by atoms with Crippen molar-refractivity contribution >= 4 is 19.8 Å². The smallest absolute Gasteiger partial charge is 0.462 e. The first-order valence-electron chi connectivity index (χ1n) is 20.6. The van der Waals surface area contributed by atoms with Gasteiger partial charge in [0.1, 0.15) is 6.61 Å². The number of ether oxygens (including phenoxy) is 2. The highest BCUT2D eigenvalue weighted by atomic mass is 31.2. The van der Waals surface area contributed by atoms with Gasteiger partial charge in [-0.2, -0.15) is 0 Å². The molecule has 1 unspecified atom stereocenters. The van der Waals surface area contributed by atoms with Gasteiger partial charge in [-0.25, -0.2) is 4.57 Å². The summed E-state index contributed by atoms with van der Waals surface area (Å²) in [6.07, 6.45) is 56.7. The SMILES string of the molecule is CC/C=C\CC(O)/C=C/C=C/C/C=C\C/C=C\C/C=C\CCC(=O)O[C@H](COC(=O)CC/C=C\C/C=C\C/C=C\C/C=C\C/C=C\CCCCC)COP(=O)(O)O. The van der Waals surface area contributed by atoms with Crippen molar-refractivity contribution in [2.75, 3.05) is 13.2 Å². The number of carbonyl (C=O) groups is 2. The molecule has 0 rings (SSSR count). The van der Waals surface area contributed by atoms with Gasteiger partial charge in [0, 0.05) is 12.8 Å². The number of hydrogen-bond donors (Lipinski definition) is 3. The van der Waals surface area contributed by atoms with E-state index in [0.717, 1.165) is 44.9 Å². The third-order valence-electron chi connectivity index (χ3n) is 7.76. The maximum Gasteiger partial charge on any atom is 0.469 e. The summed E-state index contributed by atoms with van der Waals surface area (Å²) < 4.78 is 26.2. The molecule has 0 heterocycles. The van der Waals surface area contributed by atoms with Crippen LogP contribution in [-0.2, 0) is 28.2 Å². The Morgan fingerprint density at radius 3 is 1.53 bits per heavy atom. The van der Waals surface area contributed by atoms with Crippen molar-refractivity contribution in [1.82, 2.24) is 0 Å². The van der Waals surface area contributed by atoms with Crippen LogP contribution >= 0.6 is 7.82 Å². The van der Waals surface area contributed by atoms with Crippen LogP contribution < -0.4 is 0 Å². The highest BCUT2D eigenvalue weighted by Crippen LogP contribution is 2.35. The topological polar surface area (TPSA) is 140 Å². The van der Waals surface area contributed by atoms with Crippen LogP contribution in [0.4, 0.5) is 0 Å². The molecule has 0 aliphatic carbocycles. The highest BCUT2D eigenvalue weighted by molar-refractivity contribution is 7.46. The average molecular weight is 811 g/mol. The van der Waals surface area contributed by atoms with Crippen molar-refractivity contribution in [2.24, 2.45) is 0 Å². The number of phosphoric acid groups is 1. The van der Waals surface area contributed by atoms with Crippen LogP contribution in [0.2, 0.25) is 0 Å². The molecule has 9 nitrogen and oxygen atoms in total. The zero-order chi connectivity index (χ0) is 41.9. The average Bonchev–Trinajstić information content (AvgIpc) is 3.18. The van der Waals surface area contributed by atoms with E-state index in [1.54, 1.807) is 6.08 Å². The molecule has 0 aromatic carbocycles. The van der Waals surface area contributed by atoms with E-state index in [1.165, 1.54) is 25.7 Å².